The van der Waals surface area contributed by atoms with Gasteiger partial charge in [-0.15, -0.1) is 0 Å². The van der Waals surface area contributed by atoms with E-state index < -0.39 is 10.0 Å². The monoisotopic (exact) mass is 338 g/mol. The van der Waals surface area contributed by atoms with E-state index in [9.17, 15) is 13.2 Å². The summed E-state index contributed by atoms with van der Waals surface area (Å²) in [5.41, 5.74) is 0.663. The van der Waals surface area contributed by atoms with Gasteiger partial charge in [0.1, 0.15) is 0 Å². The maximum atomic E-state index is 12.4. The zero-order valence-corrected chi connectivity index (χ0v) is 13.6. The van der Waals surface area contributed by atoms with E-state index in [1.165, 1.54) is 29.2 Å². The number of hydrogen-bond donors (Lipinski definition) is 1. The van der Waals surface area contributed by atoms with Crippen LogP contribution in [0.4, 0.5) is 5.69 Å². The van der Waals surface area contributed by atoms with E-state index in [1.807, 2.05) is 0 Å². The summed E-state index contributed by atoms with van der Waals surface area (Å²) in [6, 6.07) is 12.3. The molecule has 1 amide bonds. The first kappa shape index (κ1) is 16.3. The summed E-state index contributed by atoms with van der Waals surface area (Å²) in [5, 5.41) is 0.428. The summed E-state index contributed by atoms with van der Waals surface area (Å²) in [6.07, 6.45) is 0. The van der Waals surface area contributed by atoms with Crippen LogP contribution in [0.15, 0.2) is 53.4 Å². The molecule has 0 atom stereocenters. The van der Waals surface area contributed by atoms with Crippen molar-refractivity contribution in [2.75, 3.05) is 18.8 Å². The van der Waals surface area contributed by atoms with Crippen LogP contribution in [0.2, 0.25) is 5.02 Å². The molecule has 0 aliphatic rings. The molecule has 0 fully saturated rings. The summed E-state index contributed by atoms with van der Waals surface area (Å²) in [4.78, 5) is 13.3. The number of halogens is 1. The van der Waals surface area contributed by atoms with Crippen LogP contribution in [0.3, 0.4) is 0 Å². The molecule has 0 heterocycles. The molecule has 0 bridgehead atoms. The standard InChI is InChI=1S/C15H15ClN2O3S/c1-18(2)15(19)11-5-3-8-14(9-11)22(20,21)17-13-7-4-6-12(16)10-13/h3-10,17H,1-2H3. The molecule has 0 aromatic heterocycles. The van der Waals surface area contributed by atoms with Gasteiger partial charge in [0, 0.05) is 24.7 Å². The van der Waals surface area contributed by atoms with Crippen molar-refractivity contribution in [3.8, 4) is 0 Å². The van der Waals surface area contributed by atoms with Crippen LogP contribution in [0.5, 0.6) is 0 Å². The van der Waals surface area contributed by atoms with Crippen molar-refractivity contribution < 1.29 is 13.2 Å². The summed E-state index contributed by atoms with van der Waals surface area (Å²) in [6.45, 7) is 0. The Balaban J connectivity index is 2.34. The average Bonchev–Trinajstić information content (AvgIpc) is 2.46. The topological polar surface area (TPSA) is 66.5 Å². The van der Waals surface area contributed by atoms with Gasteiger partial charge < -0.3 is 4.90 Å². The highest BCUT2D eigenvalue weighted by Crippen LogP contribution is 2.20. The lowest BCUT2D eigenvalue weighted by Gasteiger charge is -2.12. The van der Waals surface area contributed by atoms with Gasteiger partial charge in [0.05, 0.1) is 10.6 Å². The molecule has 22 heavy (non-hydrogen) atoms. The predicted molar refractivity (Wildman–Crippen MR) is 86.7 cm³/mol. The lowest BCUT2D eigenvalue weighted by atomic mass is 10.2. The third kappa shape index (κ3) is 3.78. The Kier molecular flexibility index (Phi) is 4.73. The third-order valence-corrected chi connectivity index (χ3v) is 4.49. The molecular formula is C15H15ClN2O3S. The summed E-state index contributed by atoms with van der Waals surface area (Å²) in [7, 11) is -0.581. The maximum Gasteiger partial charge on any atom is 0.261 e. The molecule has 2 aromatic rings. The Morgan fingerprint density at radius 3 is 2.41 bits per heavy atom. The van der Waals surface area contributed by atoms with Gasteiger partial charge in [-0.2, -0.15) is 0 Å². The number of hydrogen-bond acceptors (Lipinski definition) is 3. The van der Waals surface area contributed by atoms with Crippen LogP contribution in [-0.2, 0) is 10.0 Å². The van der Waals surface area contributed by atoms with E-state index in [2.05, 4.69) is 4.72 Å². The fourth-order valence-electron chi connectivity index (χ4n) is 1.82. The molecule has 0 spiro atoms. The molecule has 0 unspecified atom stereocenters. The third-order valence-electron chi connectivity index (χ3n) is 2.87. The second-order valence-electron chi connectivity index (χ2n) is 4.84. The molecule has 0 radical (unpaired) electrons. The van der Waals surface area contributed by atoms with Crippen molar-refractivity contribution in [2.24, 2.45) is 0 Å². The van der Waals surface area contributed by atoms with Gasteiger partial charge in [0.25, 0.3) is 15.9 Å². The van der Waals surface area contributed by atoms with Crippen molar-refractivity contribution in [2.45, 2.75) is 4.90 Å². The van der Waals surface area contributed by atoms with Crippen molar-refractivity contribution in [1.29, 1.82) is 0 Å². The Morgan fingerprint density at radius 1 is 1.09 bits per heavy atom. The van der Waals surface area contributed by atoms with Gasteiger partial charge in [0.2, 0.25) is 0 Å². The molecule has 1 N–H and O–H groups in total. The van der Waals surface area contributed by atoms with Crippen molar-refractivity contribution in [3.63, 3.8) is 0 Å². The molecule has 2 aromatic carbocycles. The molecule has 116 valence electrons. The van der Waals surface area contributed by atoms with Gasteiger partial charge in [-0.25, -0.2) is 8.42 Å². The molecule has 2 rings (SSSR count). The molecule has 7 heteroatoms. The van der Waals surface area contributed by atoms with Gasteiger partial charge in [-0.3, -0.25) is 9.52 Å². The second-order valence-corrected chi connectivity index (χ2v) is 6.96. The summed E-state index contributed by atoms with van der Waals surface area (Å²) >= 11 is 5.84. The Hall–Kier alpha value is -2.05. The highest BCUT2D eigenvalue weighted by Gasteiger charge is 2.17. The van der Waals surface area contributed by atoms with Crippen molar-refractivity contribution >= 4 is 33.2 Å². The SMILES string of the molecule is CN(C)C(=O)c1cccc(S(=O)(=O)Nc2cccc(Cl)c2)c1. The minimum Gasteiger partial charge on any atom is -0.345 e. The van der Waals surface area contributed by atoms with E-state index in [1.54, 1.807) is 38.4 Å². The first-order valence-electron chi connectivity index (χ1n) is 6.40. The van der Waals surface area contributed by atoms with Crippen LogP contribution < -0.4 is 4.72 Å². The van der Waals surface area contributed by atoms with Crippen LogP contribution in [0.1, 0.15) is 10.4 Å². The highest BCUT2D eigenvalue weighted by atomic mass is 35.5. The largest absolute Gasteiger partial charge is 0.345 e. The van der Waals surface area contributed by atoms with Crippen LogP contribution in [-0.4, -0.2) is 33.3 Å². The van der Waals surface area contributed by atoms with E-state index in [0.717, 1.165) is 0 Å². The lowest BCUT2D eigenvalue weighted by molar-refractivity contribution is 0.0827. The number of carbonyl (C=O) groups is 1. The predicted octanol–water partition coefficient (Wildman–Crippen LogP) is 2.84. The Morgan fingerprint density at radius 2 is 1.77 bits per heavy atom. The van der Waals surface area contributed by atoms with Crippen molar-refractivity contribution in [1.82, 2.24) is 4.90 Å². The maximum absolute atomic E-state index is 12.4. The average molecular weight is 339 g/mol. The molecule has 5 nitrogen and oxygen atoms in total. The van der Waals surface area contributed by atoms with E-state index in [0.29, 0.717) is 16.3 Å². The van der Waals surface area contributed by atoms with E-state index in [-0.39, 0.29) is 10.8 Å². The van der Waals surface area contributed by atoms with Gasteiger partial charge in [-0.1, -0.05) is 23.7 Å². The zero-order chi connectivity index (χ0) is 16.3. The number of amides is 1. The fraction of sp³-hybridized carbons (Fsp3) is 0.133. The Labute approximate surface area is 134 Å². The summed E-state index contributed by atoms with van der Waals surface area (Å²) < 4.78 is 27.2. The number of sulfonamides is 1. The van der Waals surface area contributed by atoms with Crippen LogP contribution >= 0.6 is 11.6 Å². The number of nitrogens with zero attached hydrogens (tertiary/aromatic N) is 1. The van der Waals surface area contributed by atoms with Crippen molar-refractivity contribution in [3.05, 3.63) is 59.1 Å². The smallest absolute Gasteiger partial charge is 0.261 e. The molecule has 0 aliphatic heterocycles. The number of nitrogens with one attached hydrogen (secondary N) is 1. The first-order valence-corrected chi connectivity index (χ1v) is 8.26. The van der Waals surface area contributed by atoms with Gasteiger partial charge >= 0.3 is 0 Å². The molecule has 0 aliphatic carbocycles. The number of rotatable bonds is 4. The molecular weight excluding hydrogens is 324 g/mol. The molecule has 0 saturated heterocycles. The fourth-order valence-corrected chi connectivity index (χ4v) is 3.11. The van der Waals surface area contributed by atoms with Gasteiger partial charge in [0.15, 0.2) is 0 Å². The zero-order valence-electron chi connectivity index (χ0n) is 12.1. The molecule has 0 saturated carbocycles. The first-order chi connectivity index (χ1) is 10.3. The highest BCUT2D eigenvalue weighted by molar-refractivity contribution is 7.92. The minimum atomic E-state index is -3.79. The van der Waals surface area contributed by atoms with Crippen LogP contribution in [0, 0.1) is 0 Å². The normalized spacial score (nSPS) is 11.0. The van der Waals surface area contributed by atoms with Gasteiger partial charge in [-0.05, 0) is 36.4 Å². The number of carbonyl (C=O) groups excluding carboxylic acids is 1. The van der Waals surface area contributed by atoms with E-state index in [4.69, 9.17) is 11.6 Å². The second kappa shape index (κ2) is 6.37. The van der Waals surface area contributed by atoms with Crippen LogP contribution in [0.25, 0.3) is 0 Å². The quantitative estimate of drug-likeness (QED) is 0.932. The lowest BCUT2D eigenvalue weighted by Crippen LogP contribution is -2.22. The minimum absolute atomic E-state index is 0.0141. The number of benzene rings is 2. The summed E-state index contributed by atoms with van der Waals surface area (Å²) in [5.74, 6) is -0.264. The Bertz CT molecular complexity index is 804. The van der Waals surface area contributed by atoms with E-state index >= 15 is 0 Å². The number of anilines is 1.